The zero-order valence-electron chi connectivity index (χ0n) is 13.8. The molecule has 0 aromatic heterocycles. The van der Waals surface area contributed by atoms with Gasteiger partial charge in [-0.15, -0.1) is 0 Å². The predicted molar refractivity (Wildman–Crippen MR) is 89.7 cm³/mol. The summed E-state index contributed by atoms with van der Waals surface area (Å²) in [5.41, 5.74) is 10.3. The molecule has 0 saturated carbocycles. The van der Waals surface area contributed by atoms with Gasteiger partial charge < -0.3 is 15.6 Å². The number of carbonyl (C=O) groups is 2. The number of morpholine rings is 1. The largest absolute Gasteiger partial charge is 0.382 e. The molecule has 0 aromatic rings. The van der Waals surface area contributed by atoms with Crippen LogP contribution in [-0.2, 0) is 14.3 Å². The summed E-state index contributed by atoms with van der Waals surface area (Å²) in [5.74, 6) is -0.259. The fourth-order valence-electron chi connectivity index (χ4n) is 2.00. The zero-order chi connectivity index (χ0) is 17.2. The zero-order valence-corrected chi connectivity index (χ0v) is 14.6. The molecule has 1 unspecified atom stereocenters. The summed E-state index contributed by atoms with van der Waals surface area (Å²) in [6.45, 7) is 6.89. The monoisotopic (exact) mass is 348 g/mol. The van der Waals surface area contributed by atoms with Gasteiger partial charge in [0.2, 0.25) is 0 Å². The van der Waals surface area contributed by atoms with E-state index in [4.69, 9.17) is 10.5 Å². The standard InChI is InChI=1S/C14H28N4O4S/c1-10(2)23-8-3-11(15)13(20)14(21)17-16-12(19)9-18-4-6-22-7-5-18/h10-11,13,20H,3-9,15H2,1-2H3,(H,16,19)(H,17,21)/t11-,13?/m1/s1. The van der Waals surface area contributed by atoms with Crippen molar-refractivity contribution in [3.05, 3.63) is 0 Å². The van der Waals surface area contributed by atoms with Crippen LogP contribution in [0.2, 0.25) is 0 Å². The number of aliphatic hydroxyl groups is 1. The van der Waals surface area contributed by atoms with Crippen LogP contribution in [0.5, 0.6) is 0 Å². The molecule has 2 atom stereocenters. The van der Waals surface area contributed by atoms with Crippen molar-refractivity contribution in [3.8, 4) is 0 Å². The van der Waals surface area contributed by atoms with Gasteiger partial charge in [-0.25, -0.2) is 0 Å². The van der Waals surface area contributed by atoms with Crippen molar-refractivity contribution >= 4 is 23.6 Å². The molecule has 9 heteroatoms. The molecule has 23 heavy (non-hydrogen) atoms. The molecule has 1 rings (SSSR count). The van der Waals surface area contributed by atoms with E-state index in [2.05, 4.69) is 24.7 Å². The van der Waals surface area contributed by atoms with Crippen LogP contribution >= 0.6 is 11.8 Å². The van der Waals surface area contributed by atoms with Crippen LogP contribution in [0.25, 0.3) is 0 Å². The van der Waals surface area contributed by atoms with Gasteiger partial charge in [-0.3, -0.25) is 25.3 Å². The van der Waals surface area contributed by atoms with Gasteiger partial charge in [-0.05, 0) is 17.4 Å². The van der Waals surface area contributed by atoms with E-state index in [1.165, 1.54) is 0 Å². The summed E-state index contributed by atoms with van der Waals surface area (Å²) in [7, 11) is 0. The Morgan fingerprint density at radius 2 is 1.96 bits per heavy atom. The highest BCUT2D eigenvalue weighted by atomic mass is 32.2. The number of hydrogen-bond acceptors (Lipinski definition) is 7. The summed E-state index contributed by atoms with van der Waals surface area (Å²) in [5, 5.41) is 10.3. The average molecular weight is 348 g/mol. The molecule has 1 fully saturated rings. The third-order valence-electron chi connectivity index (χ3n) is 3.37. The van der Waals surface area contributed by atoms with Gasteiger partial charge >= 0.3 is 0 Å². The molecule has 0 spiro atoms. The Labute approximate surface area is 141 Å². The Bertz CT molecular complexity index is 378. The molecule has 8 nitrogen and oxygen atoms in total. The fourth-order valence-corrected chi connectivity index (χ4v) is 2.88. The predicted octanol–water partition coefficient (Wildman–Crippen LogP) is -1.31. The highest BCUT2D eigenvalue weighted by Gasteiger charge is 2.23. The first-order chi connectivity index (χ1) is 10.9. The van der Waals surface area contributed by atoms with E-state index in [0.717, 1.165) is 5.75 Å². The Hall–Kier alpha value is -0.870. The third-order valence-corrected chi connectivity index (χ3v) is 4.51. The summed E-state index contributed by atoms with van der Waals surface area (Å²) in [6, 6.07) is -0.655. The van der Waals surface area contributed by atoms with Gasteiger partial charge in [-0.2, -0.15) is 11.8 Å². The topological polar surface area (TPSA) is 117 Å². The van der Waals surface area contributed by atoms with Crippen LogP contribution < -0.4 is 16.6 Å². The van der Waals surface area contributed by atoms with Crippen molar-refractivity contribution < 1.29 is 19.4 Å². The number of hydrogen-bond donors (Lipinski definition) is 4. The molecule has 0 aliphatic carbocycles. The fraction of sp³-hybridized carbons (Fsp3) is 0.857. The first-order valence-corrected chi connectivity index (χ1v) is 8.89. The average Bonchev–Trinajstić information content (AvgIpc) is 2.52. The van der Waals surface area contributed by atoms with Crippen molar-refractivity contribution in [1.29, 1.82) is 0 Å². The highest BCUT2D eigenvalue weighted by Crippen LogP contribution is 2.12. The maximum absolute atomic E-state index is 11.8. The summed E-state index contributed by atoms with van der Waals surface area (Å²) in [4.78, 5) is 25.4. The molecule has 1 aliphatic heterocycles. The maximum Gasteiger partial charge on any atom is 0.268 e. The first-order valence-electron chi connectivity index (χ1n) is 7.84. The molecule has 2 amide bonds. The van der Waals surface area contributed by atoms with Gasteiger partial charge in [0.05, 0.1) is 19.8 Å². The van der Waals surface area contributed by atoms with Crippen LogP contribution in [0.1, 0.15) is 20.3 Å². The molecular weight excluding hydrogens is 320 g/mol. The second-order valence-electron chi connectivity index (χ2n) is 5.74. The van der Waals surface area contributed by atoms with Crippen molar-refractivity contribution in [2.24, 2.45) is 5.73 Å². The number of hydrazine groups is 1. The minimum atomic E-state index is -1.34. The highest BCUT2D eigenvalue weighted by molar-refractivity contribution is 7.99. The van der Waals surface area contributed by atoms with E-state index in [9.17, 15) is 14.7 Å². The van der Waals surface area contributed by atoms with Gasteiger partial charge in [0.1, 0.15) is 6.10 Å². The molecule has 1 saturated heterocycles. The number of nitrogens with two attached hydrogens (primary N) is 1. The number of nitrogens with zero attached hydrogens (tertiary/aromatic N) is 1. The Morgan fingerprint density at radius 1 is 1.30 bits per heavy atom. The second kappa shape index (κ2) is 10.8. The minimum absolute atomic E-state index is 0.177. The molecule has 0 radical (unpaired) electrons. The lowest BCUT2D eigenvalue weighted by atomic mass is 10.1. The quantitative estimate of drug-likeness (QED) is 0.402. The summed E-state index contributed by atoms with van der Waals surface area (Å²) >= 11 is 1.72. The number of carbonyl (C=O) groups excluding carboxylic acids is 2. The van der Waals surface area contributed by atoms with Crippen molar-refractivity contribution in [1.82, 2.24) is 15.8 Å². The van der Waals surface area contributed by atoms with Gasteiger partial charge in [0, 0.05) is 19.1 Å². The lowest BCUT2D eigenvalue weighted by molar-refractivity contribution is -0.135. The van der Waals surface area contributed by atoms with Crippen LogP contribution in [0.4, 0.5) is 0 Å². The second-order valence-corrected chi connectivity index (χ2v) is 7.43. The number of nitrogens with one attached hydrogen (secondary N) is 2. The lowest BCUT2D eigenvalue weighted by Crippen LogP contribution is -2.54. The molecule has 1 aliphatic rings. The van der Waals surface area contributed by atoms with Crippen LogP contribution in [0.3, 0.4) is 0 Å². The summed E-state index contributed by atoms with van der Waals surface area (Å²) < 4.78 is 5.19. The van der Waals surface area contributed by atoms with Crippen molar-refractivity contribution in [2.75, 3.05) is 38.6 Å². The number of thioether (sulfide) groups is 1. The Balaban J connectivity index is 2.21. The molecule has 134 valence electrons. The molecule has 1 heterocycles. The normalized spacial score (nSPS) is 18.5. The van der Waals surface area contributed by atoms with Crippen molar-refractivity contribution in [3.63, 3.8) is 0 Å². The van der Waals surface area contributed by atoms with E-state index in [-0.39, 0.29) is 12.5 Å². The number of aliphatic hydroxyl groups excluding tert-OH is 1. The first kappa shape index (κ1) is 20.2. The van der Waals surface area contributed by atoms with Crippen molar-refractivity contribution in [2.45, 2.75) is 37.7 Å². The van der Waals surface area contributed by atoms with E-state index in [0.29, 0.717) is 38.0 Å². The number of ether oxygens (including phenoxy) is 1. The van der Waals surface area contributed by atoms with Gasteiger partial charge in [0.25, 0.3) is 11.8 Å². The smallest absolute Gasteiger partial charge is 0.268 e. The molecule has 0 bridgehead atoms. The van der Waals surface area contributed by atoms with Gasteiger partial charge in [0.15, 0.2) is 0 Å². The number of rotatable bonds is 8. The Morgan fingerprint density at radius 3 is 2.57 bits per heavy atom. The van der Waals surface area contributed by atoms with E-state index in [1.54, 1.807) is 11.8 Å². The summed E-state index contributed by atoms with van der Waals surface area (Å²) in [6.07, 6.45) is -0.814. The SMILES string of the molecule is CC(C)SCC[C@@H](N)C(O)C(=O)NNC(=O)CN1CCOCC1. The van der Waals surface area contributed by atoms with E-state index < -0.39 is 18.1 Å². The molecule has 5 N–H and O–H groups in total. The lowest BCUT2D eigenvalue weighted by Gasteiger charge is -2.26. The van der Waals surface area contributed by atoms with E-state index in [1.807, 2.05) is 4.90 Å². The minimum Gasteiger partial charge on any atom is -0.382 e. The Kier molecular flexibility index (Phi) is 9.49. The third kappa shape index (κ3) is 8.52. The van der Waals surface area contributed by atoms with Gasteiger partial charge in [-0.1, -0.05) is 13.8 Å². The van der Waals surface area contributed by atoms with E-state index >= 15 is 0 Å². The van der Waals surface area contributed by atoms with Crippen LogP contribution in [-0.4, -0.2) is 77.8 Å². The maximum atomic E-state index is 11.8. The van der Waals surface area contributed by atoms with Crippen LogP contribution in [0.15, 0.2) is 0 Å². The van der Waals surface area contributed by atoms with Crippen LogP contribution in [0, 0.1) is 0 Å². The molecule has 0 aromatic carbocycles. The molecular formula is C14H28N4O4S. The number of amides is 2.